The summed E-state index contributed by atoms with van der Waals surface area (Å²) in [5, 5.41) is 7.92. The molecule has 118 valence electrons. The molecule has 3 saturated heterocycles. The van der Waals surface area contributed by atoms with Crippen molar-refractivity contribution in [2.75, 3.05) is 25.0 Å². The van der Waals surface area contributed by atoms with Gasteiger partial charge < -0.3 is 14.7 Å². The van der Waals surface area contributed by atoms with Crippen LogP contribution in [-0.4, -0.2) is 35.7 Å². The highest BCUT2D eigenvalue weighted by molar-refractivity contribution is 6.32. The van der Waals surface area contributed by atoms with Crippen LogP contribution in [0, 0.1) is 5.92 Å². The summed E-state index contributed by atoms with van der Waals surface area (Å²) in [6, 6.07) is 3.45. The largest absolute Gasteiger partial charge is 0.362 e. The Morgan fingerprint density at radius 1 is 1.32 bits per heavy atom. The van der Waals surface area contributed by atoms with Gasteiger partial charge >= 0.3 is 0 Å². The van der Waals surface area contributed by atoms with Gasteiger partial charge in [0.25, 0.3) is 6.43 Å². The molecule has 0 radical (unpaired) electrons. The molecule has 5 rings (SSSR count). The Bertz CT molecular complexity index is 697. The molecule has 1 N–H and O–H groups in total. The van der Waals surface area contributed by atoms with Crippen LogP contribution >= 0.6 is 11.6 Å². The third-order valence-electron chi connectivity index (χ3n) is 4.82. The van der Waals surface area contributed by atoms with E-state index >= 15 is 0 Å². The van der Waals surface area contributed by atoms with E-state index in [-0.39, 0.29) is 16.2 Å². The van der Waals surface area contributed by atoms with Crippen LogP contribution in [0.2, 0.25) is 5.02 Å². The molecule has 3 aliphatic rings. The zero-order valence-electron chi connectivity index (χ0n) is 11.9. The molecule has 1 atom stereocenters. The minimum atomic E-state index is -2.69. The molecule has 4 nitrogen and oxygen atoms in total. The molecule has 22 heavy (non-hydrogen) atoms. The van der Waals surface area contributed by atoms with E-state index in [1.165, 1.54) is 18.9 Å². The first kappa shape index (κ1) is 14.2. The fourth-order valence-electron chi connectivity index (χ4n) is 3.61. The average Bonchev–Trinajstić information content (AvgIpc) is 2.91. The maximum atomic E-state index is 13.1. The van der Waals surface area contributed by atoms with Crippen LogP contribution in [0.15, 0.2) is 16.7 Å². The SMILES string of the molecule is FC(F)c1c(Cl)ccc2c(N[C@@H]3CN4CCC3CC4)noc12. The van der Waals surface area contributed by atoms with Crippen molar-refractivity contribution in [2.24, 2.45) is 5.92 Å². The van der Waals surface area contributed by atoms with E-state index in [9.17, 15) is 8.78 Å². The van der Waals surface area contributed by atoms with E-state index in [1.54, 1.807) is 6.07 Å². The second-order valence-electron chi connectivity index (χ2n) is 6.06. The first-order chi connectivity index (χ1) is 10.6. The fraction of sp³-hybridized carbons (Fsp3) is 0.533. The Labute approximate surface area is 131 Å². The predicted octanol–water partition coefficient (Wildman–Crippen LogP) is 3.92. The van der Waals surface area contributed by atoms with E-state index in [0.717, 1.165) is 19.6 Å². The van der Waals surface area contributed by atoms with Crippen LogP contribution in [0.4, 0.5) is 14.6 Å². The van der Waals surface area contributed by atoms with E-state index < -0.39 is 6.43 Å². The van der Waals surface area contributed by atoms with Crippen molar-refractivity contribution in [1.82, 2.24) is 10.1 Å². The lowest BCUT2D eigenvalue weighted by atomic mass is 9.84. The molecule has 1 aromatic carbocycles. The van der Waals surface area contributed by atoms with Crippen molar-refractivity contribution in [3.63, 3.8) is 0 Å². The number of aromatic nitrogens is 1. The third-order valence-corrected chi connectivity index (χ3v) is 5.15. The number of hydrogen-bond donors (Lipinski definition) is 1. The standard InChI is InChI=1S/C15H16ClF2N3O/c16-10-2-1-9-13(12(10)14(17)18)22-20-15(9)19-11-7-21-5-3-8(11)4-6-21/h1-2,8,11,14H,3-7H2,(H,19,20)/t11-/m1/s1. The van der Waals surface area contributed by atoms with E-state index in [0.29, 0.717) is 23.2 Å². The molecule has 4 heterocycles. The van der Waals surface area contributed by atoms with Crippen LogP contribution < -0.4 is 5.32 Å². The number of benzene rings is 1. The van der Waals surface area contributed by atoms with Crippen LogP contribution in [-0.2, 0) is 0 Å². The van der Waals surface area contributed by atoms with Crippen molar-refractivity contribution in [1.29, 1.82) is 0 Å². The van der Waals surface area contributed by atoms with Crippen LogP contribution in [0.3, 0.4) is 0 Å². The number of halogens is 3. The summed E-state index contributed by atoms with van der Waals surface area (Å²) in [7, 11) is 0. The summed E-state index contributed by atoms with van der Waals surface area (Å²) >= 11 is 5.86. The van der Waals surface area contributed by atoms with Crippen molar-refractivity contribution in [3.05, 3.63) is 22.7 Å². The maximum absolute atomic E-state index is 13.1. The summed E-state index contributed by atoms with van der Waals surface area (Å²) in [5.74, 6) is 1.14. The van der Waals surface area contributed by atoms with E-state index in [4.69, 9.17) is 16.1 Å². The van der Waals surface area contributed by atoms with Crippen molar-refractivity contribution >= 4 is 28.4 Å². The Hall–Kier alpha value is -1.40. The van der Waals surface area contributed by atoms with Gasteiger partial charge in [-0.15, -0.1) is 0 Å². The third kappa shape index (κ3) is 2.25. The summed E-state index contributed by atoms with van der Waals surface area (Å²) < 4.78 is 31.5. The predicted molar refractivity (Wildman–Crippen MR) is 80.6 cm³/mol. The van der Waals surface area contributed by atoms with Gasteiger partial charge in [0, 0.05) is 12.6 Å². The number of fused-ring (bicyclic) bond motifs is 4. The molecular weight excluding hydrogens is 312 g/mol. The number of nitrogens with one attached hydrogen (secondary N) is 1. The molecule has 2 aromatic rings. The molecule has 3 aliphatic heterocycles. The Morgan fingerprint density at radius 2 is 2.09 bits per heavy atom. The highest BCUT2D eigenvalue weighted by Crippen LogP contribution is 2.38. The van der Waals surface area contributed by atoms with Gasteiger partial charge in [0.1, 0.15) is 0 Å². The maximum Gasteiger partial charge on any atom is 0.269 e. The molecular formula is C15H16ClF2N3O. The second-order valence-corrected chi connectivity index (χ2v) is 6.47. The molecule has 3 fully saturated rings. The topological polar surface area (TPSA) is 41.3 Å². The number of hydrogen-bond acceptors (Lipinski definition) is 4. The molecule has 1 aromatic heterocycles. The lowest BCUT2D eigenvalue weighted by molar-refractivity contribution is 0.0973. The van der Waals surface area contributed by atoms with Crippen LogP contribution in [0.5, 0.6) is 0 Å². The smallest absolute Gasteiger partial charge is 0.269 e. The number of alkyl halides is 2. The summed E-state index contributed by atoms with van der Waals surface area (Å²) in [6.45, 7) is 3.26. The molecule has 0 amide bonds. The van der Waals surface area contributed by atoms with Gasteiger partial charge in [-0.25, -0.2) is 8.78 Å². The zero-order valence-corrected chi connectivity index (χ0v) is 12.6. The fourth-order valence-corrected chi connectivity index (χ4v) is 3.84. The molecule has 2 bridgehead atoms. The Morgan fingerprint density at radius 3 is 2.73 bits per heavy atom. The van der Waals surface area contributed by atoms with Gasteiger partial charge in [0.15, 0.2) is 11.4 Å². The number of piperidine rings is 3. The van der Waals surface area contributed by atoms with Gasteiger partial charge in [-0.1, -0.05) is 16.8 Å². The summed E-state index contributed by atoms with van der Waals surface area (Å²) in [5.41, 5.74) is -0.208. The van der Waals surface area contributed by atoms with Crippen LogP contribution in [0.1, 0.15) is 24.8 Å². The Kier molecular flexibility index (Phi) is 3.46. The average molecular weight is 328 g/mol. The highest BCUT2D eigenvalue weighted by atomic mass is 35.5. The minimum Gasteiger partial charge on any atom is -0.362 e. The van der Waals surface area contributed by atoms with Crippen molar-refractivity contribution in [3.8, 4) is 0 Å². The summed E-state index contributed by atoms with van der Waals surface area (Å²) in [6.07, 6.45) is -0.350. The monoisotopic (exact) mass is 327 g/mol. The normalized spacial score (nSPS) is 27.7. The quantitative estimate of drug-likeness (QED) is 0.927. The number of anilines is 1. The minimum absolute atomic E-state index is 0.00744. The summed E-state index contributed by atoms with van der Waals surface area (Å²) in [4.78, 5) is 2.42. The van der Waals surface area contributed by atoms with E-state index in [2.05, 4.69) is 15.4 Å². The van der Waals surface area contributed by atoms with Gasteiger partial charge in [0.2, 0.25) is 0 Å². The van der Waals surface area contributed by atoms with Gasteiger partial charge in [-0.3, -0.25) is 0 Å². The Balaban J connectivity index is 1.67. The lowest BCUT2D eigenvalue weighted by Crippen LogP contribution is -2.53. The second kappa shape index (κ2) is 5.35. The lowest BCUT2D eigenvalue weighted by Gasteiger charge is -2.44. The molecule has 0 saturated carbocycles. The van der Waals surface area contributed by atoms with Gasteiger partial charge in [-0.05, 0) is 44.0 Å². The zero-order chi connectivity index (χ0) is 15.3. The molecule has 0 unspecified atom stereocenters. The molecule has 0 aliphatic carbocycles. The number of rotatable bonds is 3. The van der Waals surface area contributed by atoms with Crippen molar-refractivity contribution < 1.29 is 13.3 Å². The first-order valence-corrected chi connectivity index (χ1v) is 7.86. The van der Waals surface area contributed by atoms with Gasteiger partial charge in [-0.2, -0.15) is 0 Å². The molecule has 7 heteroatoms. The number of nitrogens with zero attached hydrogens (tertiary/aromatic N) is 2. The van der Waals surface area contributed by atoms with Crippen LogP contribution in [0.25, 0.3) is 11.0 Å². The highest BCUT2D eigenvalue weighted by Gasteiger charge is 2.35. The van der Waals surface area contributed by atoms with E-state index in [1.807, 2.05) is 0 Å². The van der Waals surface area contributed by atoms with Crippen molar-refractivity contribution in [2.45, 2.75) is 25.3 Å². The van der Waals surface area contributed by atoms with Gasteiger partial charge in [0.05, 0.1) is 16.0 Å². The first-order valence-electron chi connectivity index (χ1n) is 7.48. The molecule has 0 spiro atoms.